The molecule has 16 nitrogen and oxygen atoms in total. The number of aromatic hydroxyl groups is 1. The number of aliphatic carboxylic acids is 3. The van der Waals surface area contributed by atoms with E-state index >= 15 is 0 Å². The van der Waals surface area contributed by atoms with Crippen molar-refractivity contribution in [2.24, 2.45) is 11.5 Å². The number of hydrogen-bond acceptors (Lipinski definition) is 9. The van der Waals surface area contributed by atoms with Crippen molar-refractivity contribution in [1.82, 2.24) is 16.0 Å². The molecule has 0 fully saturated rings. The predicted octanol–water partition coefficient (Wildman–Crippen LogP) is -2.59. The first-order valence-electron chi connectivity index (χ1n) is 11.6. The predicted molar refractivity (Wildman–Crippen MR) is 131 cm³/mol. The monoisotopic (exact) mass is 553 g/mol. The molecule has 1 aromatic rings. The lowest BCUT2D eigenvalue weighted by atomic mass is 10.0. The number of phenolic OH excluding ortho intramolecular Hbond substituents is 1. The summed E-state index contributed by atoms with van der Waals surface area (Å²) in [6.07, 6.45) is -2.80. The van der Waals surface area contributed by atoms with Gasteiger partial charge < -0.3 is 47.8 Å². The highest BCUT2D eigenvalue weighted by Crippen LogP contribution is 2.12. The van der Waals surface area contributed by atoms with Crippen LogP contribution in [0, 0.1) is 0 Å². The minimum Gasteiger partial charge on any atom is -0.508 e. The number of nitrogens with one attached hydrogen (secondary N) is 3. The number of carboxylic acid groups (broad SMARTS) is 3. The first-order chi connectivity index (χ1) is 18.2. The molecule has 1 aromatic carbocycles. The molecular weight excluding hydrogens is 522 g/mol. The standard InChI is InChI=1S/C23H31N5O11/c24-13(10-19(33)34)20(35)26-15(6-8-18(31)32)21(36)27-14(5-7-17(25)30)22(37)28-16(23(38)39)9-11-1-3-12(29)4-2-11/h1-4,13-16,29H,5-10,24H2,(H2,25,30)(H,26,35)(H,27,36)(H,28,37)(H,31,32)(H,33,34)(H,38,39). The van der Waals surface area contributed by atoms with Crippen molar-refractivity contribution in [3.63, 3.8) is 0 Å². The Kier molecular flexibility index (Phi) is 12.8. The van der Waals surface area contributed by atoms with Gasteiger partial charge in [-0.3, -0.25) is 28.8 Å². The molecule has 11 N–H and O–H groups in total. The maximum absolute atomic E-state index is 12.9. The van der Waals surface area contributed by atoms with Gasteiger partial charge in [0.05, 0.1) is 12.5 Å². The van der Waals surface area contributed by atoms with Gasteiger partial charge in [-0.15, -0.1) is 0 Å². The molecule has 0 saturated carbocycles. The summed E-state index contributed by atoms with van der Waals surface area (Å²) in [5.74, 6) is -8.18. The van der Waals surface area contributed by atoms with Crippen LogP contribution in [0.4, 0.5) is 0 Å². The van der Waals surface area contributed by atoms with Gasteiger partial charge in [0.1, 0.15) is 23.9 Å². The Morgan fingerprint density at radius 3 is 1.67 bits per heavy atom. The highest BCUT2D eigenvalue weighted by molar-refractivity contribution is 5.95. The molecular formula is C23H31N5O11. The second-order valence-corrected chi connectivity index (χ2v) is 8.53. The molecule has 0 bridgehead atoms. The zero-order valence-electron chi connectivity index (χ0n) is 20.7. The van der Waals surface area contributed by atoms with E-state index in [4.69, 9.17) is 21.7 Å². The number of carbonyl (C=O) groups is 7. The van der Waals surface area contributed by atoms with Crippen molar-refractivity contribution in [2.75, 3.05) is 0 Å². The van der Waals surface area contributed by atoms with Gasteiger partial charge in [0.25, 0.3) is 0 Å². The van der Waals surface area contributed by atoms with E-state index in [1.54, 1.807) is 0 Å². The average Bonchev–Trinajstić information content (AvgIpc) is 2.83. The van der Waals surface area contributed by atoms with Crippen molar-refractivity contribution in [3.8, 4) is 5.75 Å². The summed E-state index contributed by atoms with van der Waals surface area (Å²) >= 11 is 0. The summed E-state index contributed by atoms with van der Waals surface area (Å²) in [5.41, 5.74) is 11.1. The quantitative estimate of drug-likeness (QED) is 0.0960. The van der Waals surface area contributed by atoms with Crippen molar-refractivity contribution >= 4 is 41.5 Å². The van der Waals surface area contributed by atoms with Gasteiger partial charge in [0.2, 0.25) is 23.6 Å². The van der Waals surface area contributed by atoms with E-state index in [1.807, 2.05) is 0 Å². The molecule has 0 aliphatic rings. The van der Waals surface area contributed by atoms with Crippen molar-refractivity contribution in [1.29, 1.82) is 0 Å². The fourth-order valence-corrected chi connectivity index (χ4v) is 3.26. The van der Waals surface area contributed by atoms with Crippen LogP contribution >= 0.6 is 0 Å². The molecule has 39 heavy (non-hydrogen) atoms. The van der Waals surface area contributed by atoms with Crippen molar-refractivity contribution in [3.05, 3.63) is 29.8 Å². The van der Waals surface area contributed by atoms with Gasteiger partial charge in [-0.2, -0.15) is 0 Å². The first kappa shape index (κ1) is 32.3. The molecule has 0 aliphatic heterocycles. The fraction of sp³-hybridized carbons (Fsp3) is 0.435. The van der Waals surface area contributed by atoms with Crippen LogP contribution in [0.1, 0.15) is 37.7 Å². The molecule has 214 valence electrons. The zero-order valence-corrected chi connectivity index (χ0v) is 20.7. The normalized spacial score (nSPS) is 13.7. The second kappa shape index (κ2) is 15.5. The van der Waals surface area contributed by atoms with E-state index in [0.29, 0.717) is 5.56 Å². The highest BCUT2D eigenvalue weighted by atomic mass is 16.4. The summed E-state index contributed by atoms with van der Waals surface area (Å²) in [6.45, 7) is 0. The lowest BCUT2D eigenvalue weighted by molar-refractivity contribution is -0.142. The van der Waals surface area contributed by atoms with E-state index in [1.165, 1.54) is 24.3 Å². The molecule has 0 aliphatic carbocycles. The van der Waals surface area contributed by atoms with Crippen molar-refractivity contribution in [2.45, 2.75) is 62.7 Å². The smallest absolute Gasteiger partial charge is 0.326 e. The molecule has 4 unspecified atom stereocenters. The lowest BCUT2D eigenvalue weighted by Gasteiger charge is -2.25. The van der Waals surface area contributed by atoms with Gasteiger partial charge in [0, 0.05) is 19.3 Å². The molecule has 1 rings (SSSR count). The first-order valence-corrected chi connectivity index (χ1v) is 11.6. The third kappa shape index (κ3) is 12.4. The van der Waals surface area contributed by atoms with E-state index < -0.39 is 91.4 Å². The van der Waals surface area contributed by atoms with Crippen LogP contribution < -0.4 is 27.4 Å². The van der Waals surface area contributed by atoms with E-state index in [2.05, 4.69) is 16.0 Å². The minimum atomic E-state index is -1.57. The topological polar surface area (TPSA) is 289 Å². The summed E-state index contributed by atoms with van der Waals surface area (Å²) < 4.78 is 0. The average molecular weight is 554 g/mol. The van der Waals surface area contributed by atoms with Crippen LogP contribution in [-0.4, -0.2) is 86.1 Å². The number of phenols is 1. The van der Waals surface area contributed by atoms with E-state index in [9.17, 15) is 43.8 Å². The maximum Gasteiger partial charge on any atom is 0.326 e. The van der Waals surface area contributed by atoms with Gasteiger partial charge in [-0.1, -0.05) is 12.1 Å². The number of nitrogens with two attached hydrogens (primary N) is 2. The van der Waals surface area contributed by atoms with Crippen LogP contribution in [0.5, 0.6) is 5.75 Å². The van der Waals surface area contributed by atoms with Crippen LogP contribution in [0.3, 0.4) is 0 Å². The molecule has 0 saturated heterocycles. The Morgan fingerprint density at radius 2 is 1.21 bits per heavy atom. The Labute approximate surface area is 221 Å². The van der Waals surface area contributed by atoms with Gasteiger partial charge in [0.15, 0.2) is 0 Å². The zero-order chi connectivity index (χ0) is 29.7. The van der Waals surface area contributed by atoms with Crippen LogP contribution in [-0.2, 0) is 40.0 Å². The van der Waals surface area contributed by atoms with Crippen LogP contribution in [0.25, 0.3) is 0 Å². The van der Waals surface area contributed by atoms with Gasteiger partial charge in [-0.05, 0) is 30.5 Å². The highest BCUT2D eigenvalue weighted by Gasteiger charge is 2.31. The Bertz CT molecular complexity index is 1080. The molecule has 4 atom stereocenters. The SMILES string of the molecule is NC(=O)CCC(NC(=O)C(CCC(=O)O)NC(=O)C(N)CC(=O)O)C(=O)NC(Cc1ccc(O)cc1)C(=O)O. The van der Waals surface area contributed by atoms with Crippen LogP contribution in [0.2, 0.25) is 0 Å². The van der Waals surface area contributed by atoms with E-state index in [-0.39, 0.29) is 18.6 Å². The number of primary amides is 1. The van der Waals surface area contributed by atoms with Gasteiger partial charge >= 0.3 is 17.9 Å². The molecule has 0 heterocycles. The largest absolute Gasteiger partial charge is 0.508 e. The number of hydrogen-bond donors (Lipinski definition) is 9. The van der Waals surface area contributed by atoms with Crippen molar-refractivity contribution < 1.29 is 54.0 Å². The number of rotatable bonds is 17. The van der Waals surface area contributed by atoms with Crippen LogP contribution in [0.15, 0.2) is 24.3 Å². The molecule has 0 radical (unpaired) electrons. The summed E-state index contributed by atoms with van der Waals surface area (Å²) in [5, 5.41) is 43.4. The lowest BCUT2D eigenvalue weighted by Crippen LogP contribution is -2.57. The number of benzene rings is 1. The van der Waals surface area contributed by atoms with Gasteiger partial charge in [-0.25, -0.2) is 4.79 Å². The minimum absolute atomic E-state index is 0.0580. The third-order valence-electron chi connectivity index (χ3n) is 5.31. The molecule has 16 heteroatoms. The maximum atomic E-state index is 12.9. The Morgan fingerprint density at radius 1 is 0.718 bits per heavy atom. The summed E-state index contributed by atoms with van der Waals surface area (Å²) in [6, 6.07) is -0.615. The summed E-state index contributed by atoms with van der Waals surface area (Å²) in [7, 11) is 0. The second-order valence-electron chi connectivity index (χ2n) is 8.53. The molecule has 0 aromatic heterocycles. The fourth-order valence-electron chi connectivity index (χ4n) is 3.26. The number of carboxylic acids is 3. The Balaban J connectivity index is 3.08. The van der Waals surface area contributed by atoms with E-state index in [0.717, 1.165) is 0 Å². The number of carbonyl (C=O) groups excluding carboxylic acids is 4. The summed E-state index contributed by atoms with van der Waals surface area (Å²) in [4.78, 5) is 83.0. The molecule has 4 amide bonds. The Hall–Kier alpha value is -4.73. The third-order valence-corrected chi connectivity index (χ3v) is 5.31. The number of amides is 4. The molecule has 0 spiro atoms.